The van der Waals surface area contributed by atoms with Crippen molar-refractivity contribution in [2.45, 2.75) is 0 Å². The maximum Gasteiger partial charge on any atom is 0.265 e. The van der Waals surface area contributed by atoms with Gasteiger partial charge in [0.1, 0.15) is 23.1 Å². The van der Waals surface area contributed by atoms with Crippen molar-refractivity contribution < 1.29 is 9.53 Å². The first-order valence-electron chi connectivity index (χ1n) is 7.04. The van der Waals surface area contributed by atoms with Gasteiger partial charge in [-0.3, -0.25) is 9.36 Å². The Kier molecular flexibility index (Phi) is 3.01. The number of para-hydroxylation sites is 2. The first-order chi connectivity index (χ1) is 11.3. The Morgan fingerprint density at radius 3 is 2.57 bits per heavy atom. The third-order valence-electron chi connectivity index (χ3n) is 3.65. The Hall–Kier alpha value is -3.28. The molecule has 23 heavy (non-hydrogen) atoms. The molecular weight excluding hydrogens is 292 g/mol. The van der Waals surface area contributed by atoms with Gasteiger partial charge < -0.3 is 4.74 Å². The number of fused-ring (bicyclic) bond motifs is 2. The fourth-order valence-corrected chi connectivity index (χ4v) is 2.55. The molecule has 6 nitrogen and oxygen atoms in total. The molecule has 2 aromatic carbocycles. The molecule has 0 amide bonds. The Balaban J connectivity index is 2.02. The Morgan fingerprint density at radius 2 is 1.83 bits per heavy atom. The van der Waals surface area contributed by atoms with Crippen LogP contribution in [0.4, 0.5) is 0 Å². The zero-order valence-electron chi connectivity index (χ0n) is 12.3. The summed E-state index contributed by atoms with van der Waals surface area (Å²) in [5.74, 6) is 0.429. The van der Waals surface area contributed by atoms with Crippen molar-refractivity contribution in [2.24, 2.45) is 0 Å². The molecule has 0 unspecified atom stereocenters. The summed E-state index contributed by atoms with van der Waals surface area (Å²) in [5, 5.41) is 0. The number of carbonyl (C=O) groups excluding carboxylic acids is 1. The van der Waals surface area contributed by atoms with E-state index in [-0.39, 0.29) is 5.91 Å². The van der Waals surface area contributed by atoms with Crippen molar-refractivity contribution >= 4 is 28.0 Å². The van der Waals surface area contributed by atoms with Gasteiger partial charge >= 0.3 is 0 Å². The lowest BCUT2D eigenvalue weighted by atomic mass is 10.1. The van der Waals surface area contributed by atoms with Gasteiger partial charge in [0.15, 0.2) is 0 Å². The van der Waals surface area contributed by atoms with Crippen LogP contribution in [0.25, 0.3) is 22.1 Å². The van der Waals surface area contributed by atoms with Crippen molar-refractivity contribution in [3.05, 3.63) is 60.7 Å². The van der Waals surface area contributed by atoms with Crippen LogP contribution in [0.3, 0.4) is 0 Å². The molecule has 0 atom stereocenters. The van der Waals surface area contributed by atoms with Gasteiger partial charge in [0.05, 0.1) is 23.7 Å². The standard InChI is InChI=1S/C17H12N4O2/c1-23-14-7-3-6-13-16(14)20-15-11(4-2-5-12(15)19-13)17(22)21-9-8-18-10-21/h2-10H,1H3. The summed E-state index contributed by atoms with van der Waals surface area (Å²) in [6, 6.07) is 10.9. The van der Waals surface area contributed by atoms with Gasteiger partial charge in [0.25, 0.3) is 5.91 Å². The predicted molar refractivity (Wildman–Crippen MR) is 85.6 cm³/mol. The molecule has 6 heteroatoms. The smallest absolute Gasteiger partial charge is 0.265 e. The van der Waals surface area contributed by atoms with Gasteiger partial charge in [0, 0.05) is 12.4 Å². The number of rotatable bonds is 2. The average molecular weight is 304 g/mol. The third kappa shape index (κ3) is 2.12. The normalized spacial score (nSPS) is 11.0. The lowest BCUT2D eigenvalue weighted by molar-refractivity contribution is 0.0961. The largest absolute Gasteiger partial charge is 0.494 e. The summed E-state index contributed by atoms with van der Waals surface area (Å²) in [6.07, 6.45) is 4.64. The summed E-state index contributed by atoms with van der Waals surface area (Å²) in [4.78, 5) is 25.8. The highest BCUT2D eigenvalue weighted by molar-refractivity contribution is 6.07. The van der Waals surface area contributed by atoms with E-state index in [0.717, 1.165) is 5.52 Å². The van der Waals surface area contributed by atoms with E-state index in [0.29, 0.717) is 27.9 Å². The van der Waals surface area contributed by atoms with Crippen molar-refractivity contribution in [1.29, 1.82) is 0 Å². The van der Waals surface area contributed by atoms with E-state index in [1.54, 1.807) is 31.6 Å². The van der Waals surface area contributed by atoms with Crippen LogP contribution in [0, 0.1) is 0 Å². The number of methoxy groups -OCH3 is 1. The van der Waals surface area contributed by atoms with E-state index >= 15 is 0 Å². The van der Waals surface area contributed by atoms with Crippen LogP contribution in [0.2, 0.25) is 0 Å². The zero-order valence-corrected chi connectivity index (χ0v) is 12.3. The first kappa shape index (κ1) is 13.4. The van der Waals surface area contributed by atoms with Gasteiger partial charge in [-0.25, -0.2) is 15.0 Å². The fraction of sp³-hybridized carbons (Fsp3) is 0.0588. The van der Waals surface area contributed by atoms with Crippen LogP contribution in [0.15, 0.2) is 55.1 Å². The number of ether oxygens (including phenoxy) is 1. The van der Waals surface area contributed by atoms with Gasteiger partial charge in [-0.15, -0.1) is 0 Å². The number of nitrogens with zero attached hydrogens (tertiary/aromatic N) is 4. The summed E-state index contributed by atoms with van der Waals surface area (Å²) < 4.78 is 6.77. The minimum atomic E-state index is -0.198. The van der Waals surface area contributed by atoms with Gasteiger partial charge in [-0.1, -0.05) is 12.1 Å². The third-order valence-corrected chi connectivity index (χ3v) is 3.65. The molecule has 0 aliphatic heterocycles. The second-order valence-corrected chi connectivity index (χ2v) is 5.00. The van der Waals surface area contributed by atoms with E-state index in [9.17, 15) is 4.79 Å². The summed E-state index contributed by atoms with van der Waals surface area (Å²) >= 11 is 0. The SMILES string of the molecule is COc1cccc2nc3cccc(C(=O)n4ccnc4)c3nc12. The van der Waals surface area contributed by atoms with E-state index in [1.165, 1.54) is 10.9 Å². The molecule has 0 aliphatic carbocycles. The van der Waals surface area contributed by atoms with E-state index in [1.807, 2.05) is 24.3 Å². The first-order valence-corrected chi connectivity index (χ1v) is 7.04. The molecule has 0 N–H and O–H groups in total. The molecule has 112 valence electrons. The summed E-state index contributed by atoms with van der Waals surface area (Å²) in [5.41, 5.74) is 3.04. The summed E-state index contributed by atoms with van der Waals surface area (Å²) in [7, 11) is 1.59. The molecule has 2 aromatic heterocycles. The van der Waals surface area contributed by atoms with Gasteiger partial charge in [0.2, 0.25) is 0 Å². The van der Waals surface area contributed by atoms with Crippen molar-refractivity contribution in [3.8, 4) is 5.75 Å². The topological polar surface area (TPSA) is 69.9 Å². The highest BCUT2D eigenvalue weighted by atomic mass is 16.5. The number of hydrogen-bond donors (Lipinski definition) is 0. The Bertz CT molecular complexity index is 1030. The van der Waals surface area contributed by atoms with Crippen molar-refractivity contribution in [2.75, 3.05) is 7.11 Å². The summed E-state index contributed by atoms with van der Waals surface area (Å²) in [6.45, 7) is 0. The van der Waals surface area contributed by atoms with E-state index < -0.39 is 0 Å². The van der Waals surface area contributed by atoms with Gasteiger partial charge in [-0.05, 0) is 24.3 Å². The maximum atomic E-state index is 12.6. The quantitative estimate of drug-likeness (QED) is 0.532. The Labute approximate surface area is 131 Å². The van der Waals surface area contributed by atoms with E-state index in [2.05, 4.69) is 15.0 Å². The number of hydrogen-bond acceptors (Lipinski definition) is 5. The average Bonchev–Trinajstić information content (AvgIpc) is 3.13. The minimum Gasteiger partial charge on any atom is -0.494 e. The lowest BCUT2D eigenvalue weighted by Crippen LogP contribution is -2.11. The van der Waals surface area contributed by atoms with E-state index in [4.69, 9.17) is 4.74 Å². The molecule has 0 spiro atoms. The van der Waals surface area contributed by atoms with Crippen LogP contribution < -0.4 is 4.74 Å². The van der Waals surface area contributed by atoms with Crippen LogP contribution in [-0.4, -0.2) is 32.5 Å². The lowest BCUT2D eigenvalue weighted by Gasteiger charge is -2.08. The number of aromatic nitrogens is 4. The predicted octanol–water partition coefficient (Wildman–Crippen LogP) is 2.68. The molecule has 4 rings (SSSR count). The number of carbonyl (C=O) groups is 1. The fourth-order valence-electron chi connectivity index (χ4n) is 2.55. The molecule has 0 aliphatic rings. The minimum absolute atomic E-state index is 0.198. The van der Waals surface area contributed by atoms with Crippen LogP contribution in [0.1, 0.15) is 10.4 Å². The molecule has 0 bridgehead atoms. The van der Waals surface area contributed by atoms with Crippen molar-refractivity contribution in [3.63, 3.8) is 0 Å². The highest BCUT2D eigenvalue weighted by Crippen LogP contribution is 2.26. The molecular formula is C17H12N4O2. The Morgan fingerprint density at radius 1 is 1.04 bits per heavy atom. The molecule has 0 saturated carbocycles. The number of imidazole rings is 1. The second kappa shape index (κ2) is 5.17. The molecule has 0 saturated heterocycles. The maximum absolute atomic E-state index is 12.6. The number of benzene rings is 2. The molecule has 0 radical (unpaired) electrons. The van der Waals surface area contributed by atoms with Crippen LogP contribution in [-0.2, 0) is 0 Å². The molecule has 2 heterocycles. The zero-order chi connectivity index (χ0) is 15.8. The monoisotopic (exact) mass is 304 g/mol. The molecule has 0 fully saturated rings. The second-order valence-electron chi connectivity index (χ2n) is 5.00. The van der Waals surface area contributed by atoms with Crippen molar-refractivity contribution in [1.82, 2.24) is 19.5 Å². The highest BCUT2D eigenvalue weighted by Gasteiger charge is 2.15. The molecule has 4 aromatic rings. The van der Waals surface area contributed by atoms with Gasteiger partial charge in [-0.2, -0.15) is 0 Å². The van der Waals surface area contributed by atoms with Crippen LogP contribution >= 0.6 is 0 Å². The van der Waals surface area contributed by atoms with Crippen LogP contribution in [0.5, 0.6) is 5.75 Å².